The highest BCUT2D eigenvalue weighted by atomic mass is 32.1. The number of amides is 2. The van der Waals surface area contributed by atoms with Gasteiger partial charge in [-0.15, -0.1) is 11.3 Å². The third-order valence-electron chi connectivity index (χ3n) is 4.63. The number of thiophene rings is 1. The largest absolute Gasteiger partial charge is 0.331 e. The van der Waals surface area contributed by atoms with Crippen LogP contribution in [0.4, 0.5) is 21.9 Å². The fourth-order valence-corrected chi connectivity index (χ4v) is 4.44. The van der Waals surface area contributed by atoms with Gasteiger partial charge in [0.2, 0.25) is 0 Å². The molecule has 4 aromatic rings. The highest BCUT2D eigenvalue weighted by Crippen LogP contribution is 2.46. The summed E-state index contributed by atoms with van der Waals surface area (Å²) in [6.07, 6.45) is 3.40. The van der Waals surface area contributed by atoms with Crippen LogP contribution in [0.25, 0.3) is 21.5 Å². The smallest absolute Gasteiger partial charge is 0.305 e. The molecule has 0 unspecified atom stereocenters. The van der Waals surface area contributed by atoms with Crippen molar-refractivity contribution < 1.29 is 9.59 Å². The van der Waals surface area contributed by atoms with Crippen LogP contribution in [0.5, 0.6) is 0 Å². The molecule has 0 saturated heterocycles. The molecule has 2 amide bonds. The lowest BCUT2D eigenvalue weighted by Gasteiger charge is -2.28. The third-order valence-corrected chi connectivity index (χ3v) is 5.83. The Labute approximate surface area is 164 Å². The van der Waals surface area contributed by atoms with Gasteiger partial charge in [0.1, 0.15) is 4.83 Å². The minimum atomic E-state index is -0.306. The molecule has 1 aromatic carbocycles. The van der Waals surface area contributed by atoms with Crippen molar-refractivity contribution in [3.05, 3.63) is 65.8 Å². The van der Waals surface area contributed by atoms with Gasteiger partial charge in [-0.1, -0.05) is 18.2 Å². The van der Waals surface area contributed by atoms with Crippen LogP contribution in [-0.4, -0.2) is 21.8 Å². The number of pyridine rings is 2. The molecular formula is C21H14N4O2S. The maximum atomic E-state index is 13.0. The van der Waals surface area contributed by atoms with Crippen molar-refractivity contribution in [1.29, 1.82) is 0 Å². The molecule has 0 fully saturated rings. The molecule has 1 aliphatic rings. The first kappa shape index (κ1) is 16.6. The number of aromatic nitrogens is 2. The Morgan fingerprint density at radius 1 is 1.07 bits per heavy atom. The summed E-state index contributed by atoms with van der Waals surface area (Å²) in [5.74, 6) is -0.0881. The first-order valence-corrected chi connectivity index (χ1v) is 9.50. The number of ketones is 1. The zero-order valence-corrected chi connectivity index (χ0v) is 15.7. The van der Waals surface area contributed by atoms with E-state index in [1.807, 2.05) is 42.5 Å². The predicted octanol–water partition coefficient (Wildman–Crippen LogP) is 5.24. The van der Waals surface area contributed by atoms with E-state index in [-0.39, 0.29) is 11.8 Å². The lowest BCUT2D eigenvalue weighted by molar-refractivity contribution is 0.102. The van der Waals surface area contributed by atoms with Gasteiger partial charge in [0.15, 0.2) is 5.78 Å². The van der Waals surface area contributed by atoms with Gasteiger partial charge in [-0.3, -0.25) is 14.7 Å². The van der Waals surface area contributed by atoms with Gasteiger partial charge in [-0.05, 0) is 30.3 Å². The highest BCUT2D eigenvalue weighted by molar-refractivity contribution is 7.21. The summed E-state index contributed by atoms with van der Waals surface area (Å²) in [6, 6.07) is 14.9. The van der Waals surface area contributed by atoms with Gasteiger partial charge in [0, 0.05) is 24.9 Å². The Morgan fingerprint density at radius 3 is 2.75 bits per heavy atom. The molecule has 0 atom stereocenters. The van der Waals surface area contributed by atoms with Gasteiger partial charge >= 0.3 is 6.03 Å². The lowest BCUT2D eigenvalue weighted by atomic mass is 10.1. The highest BCUT2D eigenvalue weighted by Gasteiger charge is 2.31. The van der Waals surface area contributed by atoms with Crippen molar-refractivity contribution >= 4 is 50.4 Å². The summed E-state index contributed by atoms with van der Waals surface area (Å²) in [5.41, 5.74) is 3.73. The van der Waals surface area contributed by atoms with Crippen molar-refractivity contribution in [2.45, 2.75) is 6.92 Å². The number of hydrogen-bond acceptors (Lipinski definition) is 5. The summed E-state index contributed by atoms with van der Waals surface area (Å²) in [4.78, 5) is 36.6. The molecule has 136 valence electrons. The minimum Gasteiger partial charge on any atom is -0.305 e. The van der Waals surface area contributed by atoms with Crippen LogP contribution in [0.2, 0.25) is 0 Å². The minimum absolute atomic E-state index is 0.0881. The topological polar surface area (TPSA) is 75.2 Å². The molecule has 5 rings (SSSR count). The monoisotopic (exact) mass is 386 g/mol. The molecule has 6 nitrogen and oxygen atoms in total. The van der Waals surface area contributed by atoms with E-state index in [0.29, 0.717) is 16.3 Å². The van der Waals surface area contributed by atoms with E-state index in [2.05, 4.69) is 15.3 Å². The molecular weight excluding hydrogens is 372 g/mol. The maximum absolute atomic E-state index is 13.0. The summed E-state index contributed by atoms with van der Waals surface area (Å²) >= 11 is 1.30. The van der Waals surface area contributed by atoms with Crippen molar-refractivity contribution in [3.8, 4) is 11.3 Å². The van der Waals surface area contributed by atoms with Crippen LogP contribution in [0.15, 0.2) is 60.9 Å². The average molecular weight is 386 g/mol. The van der Waals surface area contributed by atoms with Crippen molar-refractivity contribution in [2.75, 3.05) is 10.2 Å². The second-order valence-electron chi connectivity index (χ2n) is 6.40. The molecule has 0 aliphatic carbocycles. The summed E-state index contributed by atoms with van der Waals surface area (Å²) in [7, 11) is 0. The van der Waals surface area contributed by atoms with Gasteiger partial charge < -0.3 is 5.32 Å². The fraction of sp³-hybridized carbons (Fsp3) is 0.0476. The van der Waals surface area contributed by atoms with Gasteiger partial charge in [-0.2, -0.15) is 0 Å². The number of hydrogen-bond donors (Lipinski definition) is 1. The molecule has 1 N–H and O–H groups in total. The van der Waals surface area contributed by atoms with Crippen molar-refractivity contribution in [3.63, 3.8) is 0 Å². The summed E-state index contributed by atoms with van der Waals surface area (Å²) in [5, 5.41) is 3.68. The zero-order valence-electron chi connectivity index (χ0n) is 14.8. The molecule has 0 radical (unpaired) electrons. The predicted molar refractivity (Wildman–Crippen MR) is 110 cm³/mol. The number of nitrogens with one attached hydrogen (secondary N) is 1. The normalized spacial score (nSPS) is 12.9. The molecule has 7 heteroatoms. The summed E-state index contributed by atoms with van der Waals surface area (Å²) in [6.45, 7) is 1.50. The molecule has 0 spiro atoms. The number of Topliss-reactive ketones (excluding diaryl/α,β-unsaturated/α-hetero) is 1. The second kappa shape index (κ2) is 6.24. The maximum Gasteiger partial charge on any atom is 0.331 e. The van der Waals surface area contributed by atoms with Crippen LogP contribution < -0.4 is 10.2 Å². The number of nitrogens with zero attached hydrogens (tertiary/aromatic N) is 3. The Balaban J connectivity index is 1.70. The quantitative estimate of drug-likeness (QED) is 0.488. The third kappa shape index (κ3) is 2.48. The first-order chi connectivity index (χ1) is 13.6. The van der Waals surface area contributed by atoms with E-state index in [1.165, 1.54) is 18.3 Å². The SMILES string of the molecule is CC(=O)c1sc2nccc3c2c1NC(=O)N3c1cccc(-c2ccccn2)c1. The number of rotatable bonds is 3. The van der Waals surface area contributed by atoms with E-state index in [4.69, 9.17) is 0 Å². The van der Waals surface area contributed by atoms with E-state index < -0.39 is 0 Å². The van der Waals surface area contributed by atoms with E-state index in [1.54, 1.807) is 23.4 Å². The van der Waals surface area contributed by atoms with Gasteiger partial charge in [0.05, 0.1) is 33.0 Å². The molecule has 0 bridgehead atoms. The van der Waals surface area contributed by atoms with Gasteiger partial charge in [0.25, 0.3) is 0 Å². The lowest BCUT2D eigenvalue weighted by Crippen LogP contribution is -2.34. The first-order valence-electron chi connectivity index (χ1n) is 8.68. The number of urea groups is 1. The molecule has 0 saturated carbocycles. The molecule has 3 aromatic heterocycles. The van der Waals surface area contributed by atoms with E-state index in [9.17, 15) is 9.59 Å². The number of carbonyl (C=O) groups excluding carboxylic acids is 2. The van der Waals surface area contributed by atoms with E-state index >= 15 is 0 Å². The standard InChI is InChI=1S/C21H14N4O2S/c1-12(26)19-18-17-16(8-10-23-20(17)28-19)25(21(27)24-18)14-6-4-5-13(11-14)15-7-2-3-9-22-15/h2-11H,1H3,(H,24,27). The second-order valence-corrected chi connectivity index (χ2v) is 7.40. The zero-order chi connectivity index (χ0) is 19.3. The average Bonchev–Trinajstić information content (AvgIpc) is 3.09. The summed E-state index contributed by atoms with van der Waals surface area (Å²) < 4.78 is 0. The number of benzene rings is 1. The Bertz CT molecular complexity index is 1250. The van der Waals surface area contributed by atoms with Crippen LogP contribution in [0.3, 0.4) is 0 Å². The van der Waals surface area contributed by atoms with Crippen LogP contribution in [-0.2, 0) is 0 Å². The molecule has 4 heterocycles. The number of carbonyl (C=O) groups is 2. The van der Waals surface area contributed by atoms with E-state index in [0.717, 1.165) is 27.2 Å². The van der Waals surface area contributed by atoms with Crippen LogP contribution in [0, 0.1) is 0 Å². The molecule has 28 heavy (non-hydrogen) atoms. The number of anilines is 3. The van der Waals surface area contributed by atoms with Crippen molar-refractivity contribution in [1.82, 2.24) is 9.97 Å². The fourth-order valence-electron chi connectivity index (χ4n) is 3.43. The Morgan fingerprint density at radius 2 is 1.96 bits per heavy atom. The van der Waals surface area contributed by atoms with Crippen LogP contribution >= 0.6 is 11.3 Å². The van der Waals surface area contributed by atoms with Crippen molar-refractivity contribution in [2.24, 2.45) is 0 Å². The van der Waals surface area contributed by atoms with Crippen LogP contribution in [0.1, 0.15) is 16.6 Å². The Kier molecular flexibility index (Phi) is 3.70. The molecule has 1 aliphatic heterocycles. The Hall–Kier alpha value is -3.58. The van der Waals surface area contributed by atoms with Gasteiger partial charge in [-0.25, -0.2) is 9.78 Å².